The number of nitrogens with zero attached hydrogens (tertiary/aromatic N) is 6. The molecule has 3 aromatic heterocycles. The fourth-order valence-electron chi connectivity index (χ4n) is 3.95. The van der Waals surface area contributed by atoms with Crippen molar-refractivity contribution in [2.75, 3.05) is 50.2 Å². The lowest BCUT2D eigenvalue weighted by Crippen LogP contribution is -2.47. The summed E-state index contributed by atoms with van der Waals surface area (Å²) in [6.07, 6.45) is 5.61. The van der Waals surface area contributed by atoms with Crippen molar-refractivity contribution in [2.45, 2.75) is 0 Å². The van der Waals surface area contributed by atoms with E-state index in [-0.39, 0.29) is 0 Å². The largest absolute Gasteiger partial charge is 0.493 e. The van der Waals surface area contributed by atoms with Crippen LogP contribution in [0.4, 0.5) is 11.8 Å². The molecule has 0 bridgehead atoms. The Kier molecular flexibility index (Phi) is 5.03. The van der Waals surface area contributed by atoms with E-state index in [2.05, 4.69) is 25.8 Å². The number of benzene rings is 1. The summed E-state index contributed by atoms with van der Waals surface area (Å²) in [5, 5.41) is 0. The highest BCUT2D eigenvalue weighted by molar-refractivity contribution is 5.69. The predicted molar refractivity (Wildman–Crippen MR) is 120 cm³/mol. The van der Waals surface area contributed by atoms with E-state index in [1.807, 2.05) is 59.4 Å². The molecule has 0 spiro atoms. The summed E-state index contributed by atoms with van der Waals surface area (Å²) >= 11 is 0. The molecule has 0 saturated carbocycles. The molecule has 4 heterocycles. The highest BCUT2D eigenvalue weighted by Gasteiger charge is 2.22. The minimum Gasteiger partial charge on any atom is -0.493 e. The quantitative estimate of drug-likeness (QED) is 0.495. The van der Waals surface area contributed by atoms with E-state index in [1.165, 1.54) is 0 Å². The predicted octanol–water partition coefficient (Wildman–Crippen LogP) is 3.14. The standard InChI is InChI=1S/C23H24N6O2/c1-30-19-7-6-17(15-20(19)31-2)18-16-22-25-9-10-29(22)23(26-18)28-13-11-27(12-14-28)21-5-3-4-8-24-21/h3-10,15-16H,11-14H2,1-2H3. The van der Waals surface area contributed by atoms with Gasteiger partial charge in [0.25, 0.3) is 0 Å². The third-order valence-corrected chi connectivity index (χ3v) is 5.59. The molecule has 1 saturated heterocycles. The van der Waals surface area contributed by atoms with Crippen molar-refractivity contribution in [3.05, 3.63) is 61.1 Å². The maximum atomic E-state index is 5.48. The molecule has 8 nitrogen and oxygen atoms in total. The van der Waals surface area contributed by atoms with Crippen LogP contribution in [0.5, 0.6) is 11.5 Å². The number of hydrogen-bond acceptors (Lipinski definition) is 7. The van der Waals surface area contributed by atoms with Gasteiger partial charge in [-0.1, -0.05) is 6.07 Å². The SMILES string of the molecule is COc1ccc(-c2cc3nccn3c(N3CCN(c4ccccn4)CC3)n2)cc1OC. The number of imidazole rings is 1. The lowest BCUT2D eigenvalue weighted by molar-refractivity contribution is 0.355. The first kappa shape index (κ1) is 19.2. The van der Waals surface area contributed by atoms with Gasteiger partial charge in [0.05, 0.1) is 19.9 Å². The lowest BCUT2D eigenvalue weighted by atomic mass is 10.1. The topological polar surface area (TPSA) is 68.0 Å². The number of rotatable bonds is 5. The van der Waals surface area contributed by atoms with E-state index < -0.39 is 0 Å². The fraction of sp³-hybridized carbons (Fsp3) is 0.261. The van der Waals surface area contributed by atoms with E-state index in [4.69, 9.17) is 14.5 Å². The monoisotopic (exact) mass is 416 g/mol. The zero-order valence-corrected chi connectivity index (χ0v) is 17.6. The Labute approximate surface area is 180 Å². The summed E-state index contributed by atoms with van der Waals surface area (Å²) in [5.41, 5.74) is 2.67. The second kappa shape index (κ2) is 8.14. The molecule has 0 radical (unpaired) electrons. The zero-order valence-electron chi connectivity index (χ0n) is 17.6. The molecule has 0 aliphatic carbocycles. The number of anilines is 2. The van der Waals surface area contributed by atoms with Crippen LogP contribution in [0.2, 0.25) is 0 Å². The van der Waals surface area contributed by atoms with Crippen molar-refractivity contribution in [3.63, 3.8) is 0 Å². The van der Waals surface area contributed by atoms with E-state index >= 15 is 0 Å². The van der Waals surface area contributed by atoms with Crippen molar-refractivity contribution >= 4 is 17.4 Å². The Balaban J connectivity index is 1.47. The molecule has 4 aromatic rings. The molecule has 8 heteroatoms. The van der Waals surface area contributed by atoms with Crippen LogP contribution in [0.25, 0.3) is 16.9 Å². The molecule has 5 rings (SSSR count). The molecule has 1 aliphatic rings. The van der Waals surface area contributed by atoms with Gasteiger partial charge in [-0.3, -0.25) is 4.40 Å². The third kappa shape index (κ3) is 3.61. The van der Waals surface area contributed by atoms with E-state index in [0.717, 1.165) is 54.8 Å². The van der Waals surface area contributed by atoms with Gasteiger partial charge in [0, 0.05) is 56.4 Å². The maximum Gasteiger partial charge on any atom is 0.212 e. The van der Waals surface area contributed by atoms with Gasteiger partial charge in [-0.2, -0.15) is 0 Å². The number of aromatic nitrogens is 4. The lowest BCUT2D eigenvalue weighted by Gasteiger charge is -2.36. The second-order valence-electron chi connectivity index (χ2n) is 7.33. The second-order valence-corrected chi connectivity index (χ2v) is 7.33. The molecule has 0 amide bonds. The first-order valence-corrected chi connectivity index (χ1v) is 10.2. The van der Waals surface area contributed by atoms with Gasteiger partial charge in [0.15, 0.2) is 11.5 Å². The Hall–Kier alpha value is -3.81. The van der Waals surface area contributed by atoms with Crippen LogP contribution in [-0.4, -0.2) is 59.8 Å². The van der Waals surface area contributed by atoms with Crippen molar-refractivity contribution in [2.24, 2.45) is 0 Å². The smallest absolute Gasteiger partial charge is 0.212 e. The molecule has 158 valence electrons. The molecule has 1 aliphatic heterocycles. The van der Waals surface area contributed by atoms with Gasteiger partial charge >= 0.3 is 0 Å². The van der Waals surface area contributed by atoms with Crippen molar-refractivity contribution < 1.29 is 9.47 Å². The number of fused-ring (bicyclic) bond motifs is 1. The van der Waals surface area contributed by atoms with Crippen LogP contribution in [-0.2, 0) is 0 Å². The van der Waals surface area contributed by atoms with E-state index in [1.54, 1.807) is 14.2 Å². The number of piperazine rings is 1. The van der Waals surface area contributed by atoms with Crippen LogP contribution in [0.15, 0.2) is 61.1 Å². The van der Waals surface area contributed by atoms with E-state index in [9.17, 15) is 0 Å². The molecular weight excluding hydrogens is 392 g/mol. The summed E-state index contributed by atoms with van der Waals surface area (Å²) in [7, 11) is 3.27. The van der Waals surface area contributed by atoms with Crippen molar-refractivity contribution in [1.82, 2.24) is 19.4 Å². The summed E-state index contributed by atoms with van der Waals surface area (Å²) in [5.74, 6) is 3.27. The van der Waals surface area contributed by atoms with Crippen LogP contribution in [0.1, 0.15) is 0 Å². The van der Waals surface area contributed by atoms with Crippen molar-refractivity contribution in [3.8, 4) is 22.8 Å². The molecule has 0 atom stereocenters. The number of pyridine rings is 1. The summed E-state index contributed by atoms with van der Waals surface area (Å²) in [4.78, 5) is 18.6. The molecule has 1 fully saturated rings. The average Bonchev–Trinajstić information content (AvgIpc) is 3.32. The minimum atomic E-state index is 0.676. The molecule has 31 heavy (non-hydrogen) atoms. The fourth-order valence-corrected chi connectivity index (χ4v) is 3.95. The minimum absolute atomic E-state index is 0.676. The van der Waals surface area contributed by atoms with Gasteiger partial charge < -0.3 is 19.3 Å². The first-order valence-electron chi connectivity index (χ1n) is 10.2. The Morgan fingerprint density at radius 2 is 1.61 bits per heavy atom. The van der Waals surface area contributed by atoms with Crippen LogP contribution in [0.3, 0.4) is 0 Å². The molecule has 0 unspecified atom stereocenters. The average molecular weight is 416 g/mol. The maximum absolute atomic E-state index is 5.48. The van der Waals surface area contributed by atoms with Crippen LogP contribution < -0.4 is 19.3 Å². The van der Waals surface area contributed by atoms with Gasteiger partial charge in [0.2, 0.25) is 5.95 Å². The Morgan fingerprint density at radius 3 is 2.35 bits per heavy atom. The van der Waals surface area contributed by atoms with E-state index in [0.29, 0.717) is 11.5 Å². The number of ether oxygens (including phenoxy) is 2. The zero-order chi connectivity index (χ0) is 21.2. The highest BCUT2D eigenvalue weighted by Crippen LogP contribution is 2.33. The molecule has 1 aromatic carbocycles. The summed E-state index contributed by atoms with van der Waals surface area (Å²) in [6, 6.07) is 13.9. The van der Waals surface area contributed by atoms with Gasteiger partial charge in [-0.25, -0.2) is 15.0 Å². The Morgan fingerprint density at radius 1 is 0.806 bits per heavy atom. The molecular formula is C23H24N6O2. The normalized spacial score (nSPS) is 14.1. The Bertz CT molecular complexity index is 1190. The first-order chi connectivity index (χ1) is 15.3. The summed E-state index contributed by atoms with van der Waals surface area (Å²) < 4.78 is 12.9. The molecule has 0 N–H and O–H groups in total. The van der Waals surface area contributed by atoms with Gasteiger partial charge in [-0.15, -0.1) is 0 Å². The number of hydrogen-bond donors (Lipinski definition) is 0. The third-order valence-electron chi connectivity index (χ3n) is 5.59. The number of methoxy groups -OCH3 is 2. The summed E-state index contributed by atoms with van der Waals surface area (Å²) in [6.45, 7) is 3.48. The van der Waals surface area contributed by atoms with Crippen LogP contribution in [0, 0.1) is 0 Å². The highest BCUT2D eigenvalue weighted by atomic mass is 16.5. The van der Waals surface area contributed by atoms with Crippen LogP contribution >= 0.6 is 0 Å². The van der Waals surface area contributed by atoms with Gasteiger partial charge in [0.1, 0.15) is 11.5 Å². The van der Waals surface area contributed by atoms with Crippen molar-refractivity contribution in [1.29, 1.82) is 0 Å². The van der Waals surface area contributed by atoms with Gasteiger partial charge in [-0.05, 0) is 30.3 Å².